The summed E-state index contributed by atoms with van der Waals surface area (Å²) in [6.07, 6.45) is 1.73. The molecule has 2 aromatic carbocycles. The number of ether oxygens (including phenoxy) is 1. The van der Waals surface area contributed by atoms with Crippen LogP contribution in [0, 0.1) is 13.8 Å². The number of benzene rings is 2. The lowest BCUT2D eigenvalue weighted by Crippen LogP contribution is -2.12. The van der Waals surface area contributed by atoms with Crippen LogP contribution in [0.2, 0.25) is 0 Å². The maximum Gasteiger partial charge on any atom is 0.243 e. The number of aromatic nitrogens is 3. The van der Waals surface area contributed by atoms with E-state index in [1.54, 1.807) is 6.20 Å². The first-order valence-corrected chi connectivity index (χ1v) is 9.77. The number of pyridine rings is 1. The Bertz CT molecular complexity index is 1170. The molecule has 0 amide bonds. The Labute approximate surface area is 171 Å². The van der Waals surface area contributed by atoms with Gasteiger partial charge in [-0.25, -0.2) is 9.97 Å². The van der Waals surface area contributed by atoms with Gasteiger partial charge in [0.15, 0.2) is 0 Å². The molecule has 2 N–H and O–H groups in total. The predicted octanol–water partition coefficient (Wildman–Crippen LogP) is 6.41. The van der Waals surface area contributed by atoms with Crippen LogP contribution in [-0.4, -0.2) is 15.0 Å². The van der Waals surface area contributed by atoms with E-state index >= 15 is 0 Å². The lowest BCUT2D eigenvalue weighted by Gasteiger charge is -2.22. The van der Waals surface area contributed by atoms with Crippen molar-refractivity contribution in [3.8, 4) is 11.6 Å². The van der Waals surface area contributed by atoms with Crippen LogP contribution < -0.4 is 10.1 Å². The average molecular weight is 386 g/mol. The molecule has 0 unspecified atom stereocenters. The number of nitrogens with one attached hydrogen (secondary N) is 2. The van der Waals surface area contributed by atoms with Gasteiger partial charge in [0.2, 0.25) is 11.8 Å². The molecular weight excluding hydrogens is 360 g/mol. The zero-order valence-electron chi connectivity index (χ0n) is 17.5. The quantitative estimate of drug-likeness (QED) is 0.425. The molecule has 148 valence electrons. The second-order valence-corrected chi connectivity index (χ2v) is 8.39. The molecule has 2 aromatic heterocycles. The fourth-order valence-electron chi connectivity index (χ4n) is 3.50. The minimum Gasteiger partial charge on any atom is -0.437 e. The van der Waals surface area contributed by atoms with Crippen LogP contribution in [0.25, 0.3) is 11.0 Å². The normalized spacial score (nSPS) is 11.6. The van der Waals surface area contributed by atoms with E-state index in [1.807, 2.05) is 30.3 Å². The van der Waals surface area contributed by atoms with Crippen molar-refractivity contribution in [1.29, 1.82) is 0 Å². The molecule has 5 heteroatoms. The lowest BCUT2D eigenvalue weighted by molar-refractivity contribution is 0.442. The fourth-order valence-corrected chi connectivity index (χ4v) is 3.50. The Hall–Kier alpha value is -3.34. The molecule has 0 aliphatic rings. The molecule has 0 saturated carbocycles. The topological polar surface area (TPSA) is 62.8 Å². The van der Waals surface area contributed by atoms with Gasteiger partial charge in [0.1, 0.15) is 11.4 Å². The minimum atomic E-state index is -0.0346. The molecule has 0 bridgehead atoms. The standard InChI is InChI=1S/C24H26N4O/c1-15-13-16(2)21-19(14-15)27-23(28-21)26-18-10-8-12-25-22(18)29-20-11-7-6-9-17(20)24(3,4)5/h6-14H,1-5H3,(H2,26,27,28). The first kappa shape index (κ1) is 19.0. The first-order valence-electron chi connectivity index (χ1n) is 9.77. The SMILES string of the molecule is Cc1cc(C)c2nc(Nc3cccnc3Oc3ccccc3C(C)(C)C)[nH]c2c1. The summed E-state index contributed by atoms with van der Waals surface area (Å²) in [6, 6.07) is 16.1. The van der Waals surface area contributed by atoms with E-state index in [0.29, 0.717) is 11.8 Å². The summed E-state index contributed by atoms with van der Waals surface area (Å²) in [4.78, 5) is 12.5. The van der Waals surface area contributed by atoms with Gasteiger partial charge in [-0.15, -0.1) is 0 Å². The molecule has 29 heavy (non-hydrogen) atoms. The van der Waals surface area contributed by atoms with Crippen LogP contribution >= 0.6 is 0 Å². The highest BCUT2D eigenvalue weighted by Gasteiger charge is 2.20. The van der Waals surface area contributed by atoms with Crippen molar-refractivity contribution in [2.75, 3.05) is 5.32 Å². The number of rotatable bonds is 4. The molecule has 0 spiro atoms. The largest absolute Gasteiger partial charge is 0.437 e. The van der Waals surface area contributed by atoms with Gasteiger partial charge >= 0.3 is 0 Å². The van der Waals surface area contributed by atoms with Gasteiger partial charge in [0.25, 0.3) is 0 Å². The number of aryl methyl sites for hydroxylation is 2. The van der Waals surface area contributed by atoms with E-state index in [1.165, 1.54) is 5.56 Å². The van der Waals surface area contributed by atoms with Gasteiger partial charge in [-0.3, -0.25) is 0 Å². The number of H-pyrrole nitrogens is 1. The predicted molar refractivity (Wildman–Crippen MR) is 118 cm³/mol. The lowest BCUT2D eigenvalue weighted by atomic mass is 9.86. The zero-order valence-corrected chi connectivity index (χ0v) is 17.5. The molecule has 0 saturated heterocycles. The Balaban J connectivity index is 1.68. The van der Waals surface area contributed by atoms with Crippen LogP contribution in [-0.2, 0) is 5.41 Å². The van der Waals surface area contributed by atoms with E-state index in [4.69, 9.17) is 9.72 Å². The second kappa shape index (κ2) is 7.24. The third kappa shape index (κ3) is 3.94. The van der Waals surface area contributed by atoms with Crippen molar-refractivity contribution in [2.24, 2.45) is 0 Å². The summed E-state index contributed by atoms with van der Waals surface area (Å²) in [7, 11) is 0. The molecule has 0 atom stereocenters. The number of anilines is 2. The van der Waals surface area contributed by atoms with E-state index in [9.17, 15) is 0 Å². The summed E-state index contributed by atoms with van der Waals surface area (Å²) >= 11 is 0. The van der Waals surface area contributed by atoms with Crippen molar-refractivity contribution in [3.63, 3.8) is 0 Å². The smallest absolute Gasteiger partial charge is 0.243 e. The molecule has 4 rings (SSSR count). The maximum absolute atomic E-state index is 6.24. The molecule has 0 aliphatic heterocycles. The van der Waals surface area contributed by atoms with E-state index < -0.39 is 0 Å². The van der Waals surface area contributed by atoms with Crippen LogP contribution in [0.5, 0.6) is 11.6 Å². The van der Waals surface area contributed by atoms with Crippen LogP contribution in [0.4, 0.5) is 11.6 Å². The summed E-state index contributed by atoms with van der Waals surface area (Å²) in [6.45, 7) is 10.7. The van der Waals surface area contributed by atoms with Gasteiger partial charge in [0, 0.05) is 11.8 Å². The molecule has 0 radical (unpaired) electrons. The number of para-hydroxylation sites is 1. The summed E-state index contributed by atoms with van der Waals surface area (Å²) < 4.78 is 6.24. The van der Waals surface area contributed by atoms with Crippen LogP contribution in [0.15, 0.2) is 54.7 Å². The Kier molecular flexibility index (Phi) is 4.74. The van der Waals surface area contributed by atoms with Gasteiger partial charge in [0.05, 0.1) is 11.0 Å². The molecule has 4 aromatic rings. The highest BCUT2D eigenvalue weighted by Crippen LogP contribution is 2.36. The van der Waals surface area contributed by atoms with E-state index in [0.717, 1.165) is 33.6 Å². The second-order valence-electron chi connectivity index (χ2n) is 8.39. The Morgan fingerprint density at radius 1 is 1.00 bits per heavy atom. The van der Waals surface area contributed by atoms with Crippen molar-refractivity contribution in [2.45, 2.75) is 40.0 Å². The van der Waals surface area contributed by atoms with Crippen molar-refractivity contribution >= 4 is 22.7 Å². The fraction of sp³-hybridized carbons (Fsp3) is 0.250. The Morgan fingerprint density at radius 3 is 2.59 bits per heavy atom. The molecule has 0 fully saturated rings. The van der Waals surface area contributed by atoms with Crippen molar-refractivity contribution < 1.29 is 4.74 Å². The maximum atomic E-state index is 6.24. The molecular formula is C24H26N4O. The van der Waals surface area contributed by atoms with Gasteiger partial charge in [-0.1, -0.05) is 45.0 Å². The molecule has 2 heterocycles. The van der Waals surface area contributed by atoms with Crippen molar-refractivity contribution in [1.82, 2.24) is 15.0 Å². The number of fused-ring (bicyclic) bond motifs is 1. The Morgan fingerprint density at radius 2 is 1.79 bits per heavy atom. The highest BCUT2D eigenvalue weighted by molar-refractivity contribution is 5.82. The third-order valence-corrected chi connectivity index (χ3v) is 4.85. The molecule has 0 aliphatic carbocycles. The van der Waals surface area contributed by atoms with Crippen molar-refractivity contribution in [3.05, 3.63) is 71.4 Å². The van der Waals surface area contributed by atoms with Crippen LogP contribution in [0.3, 0.4) is 0 Å². The monoisotopic (exact) mass is 386 g/mol. The first-order chi connectivity index (χ1) is 13.8. The number of aromatic amines is 1. The number of hydrogen-bond acceptors (Lipinski definition) is 4. The third-order valence-electron chi connectivity index (χ3n) is 4.85. The number of hydrogen-bond donors (Lipinski definition) is 2. The minimum absolute atomic E-state index is 0.0346. The van der Waals surface area contributed by atoms with Gasteiger partial charge in [-0.2, -0.15) is 0 Å². The number of nitrogens with zero attached hydrogens (tertiary/aromatic N) is 2. The zero-order chi connectivity index (χ0) is 20.6. The highest BCUT2D eigenvalue weighted by atomic mass is 16.5. The summed E-state index contributed by atoms with van der Waals surface area (Å²) in [5, 5.41) is 3.33. The van der Waals surface area contributed by atoms with Gasteiger partial charge in [-0.05, 0) is 54.7 Å². The summed E-state index contributed by atoms with van der Waals surface area (Å²) in [5.74, 6) is 1.98. The van der Waals surface area contributed by atoms with Crippen LogP contribution in [0.1, 0.15) is 37.5 Å². The van der Waals surface area contributed by atoms with E-state index in [-0.39, 0.29) is 5.41 Å². The van der Waals surface area contributed by atoms with Gasteiger partial charge < -0.3 is 15.0 Å². The average Bonchev–Trinajstić information content (AvgIpc) is 3.05. The van der Waals surface area contributed by atoms with E-state index in [2.05, 4.69) is 68.1 Å². The number of imidazole rings is 1. The summed E-state index contributed by atoms with van der Waals surface area (Å²) in [5.41, 5.74) is 6.17. The molecule has 5 nitrogen and oxygen atoms in total.